The molecule has 0 spiro atoms. The van der Waals surface area contributed by atoms with Gasteiger partial charge in [-0.2, -0.15) is 26.3 Å². The SMILES string of the molecule is C=C(/C=C\C(=C(/C)C(F)(F)F)c1ccc(N2C(=O)C3C4C(=O)NC(=O)C4C3C2=O)cc1C(F)(F)F)C(C)(C)CC. The van der Waals surface area contributed by atoms with E-state index in [1.54, 1.807) is 13.8 Å². The molecule has 12 heteroatoms. The van der Waals surface area contributed by atoms with E-state index < -0.39 is 93.0 Å². The summed E-state index contributed by atoms with van der Waals surface area (Å²) < 4.78 is 84.2. The number of halogens is 6. The summed E-state index contributed by atoms with van der Waals surface area (Å²) >= 11 is 0. The van der Waals surface area contributed by atoms with Gasteiger partial charge in [0.05, 0.1) is 34.9 Å². The maximum atomic E-state index is 14.3. The molecule has 214 valence electrons. The van der Waals surface area contributed by atoms with Crippen molar-refractivity contribution in [2.45, 2.75) is 46.5 Å². The highest BCUT2D eigenvalue weighted by atomic mass is 19.4. The number of carbonyl (C=O) groups excluding carboxylic acids is 4. The minimum atomic E-state index is -5.17. The van der Waals surface area contributed by atoms with E-state index in [-0.39, 0.29) is 0 Å². The highest BCUT2D eigenvalue weighted by Crippen LogP contribution is 2.55. The first-order valence-corrected chi connectivity index (χ1v) is 12.4. The Morgan fingerprint density at radius 1 is 0.925 bits per heavy atom. The third kappa shape index (κ3) is 4.56. The third-order valence-corrected chi connectivity index (χ3v) is 8.30. The van der Waals surface area contributed by atoms with Gasteiger partial charge in [-0.05, 0) is 47.6 Å². The van der Waals surface area contributed by atoms with Gasteiger partial charge in [0.15, 0.2) is 0 Å². The number of rotatable bonds is 6. The fourth-order valence-electron chi connectivity index (χ4n) is 5.31. The van der Waals surface area contributed by atoms with Crippen LogP contribution in [0, 0.1) is 29.1 Å². The number of carbonyl (C=O) groups is 4. The normalized spacial score (nSPS) is 25.6. The summed E-state index contributed by atoms with van der Waals surface area (Å²) in [5.41, 5.74) is -4.99. The molecule has 1 aromatic carbocycles. The van der Waals surface area contributed by atoms with E-state index in [1.165, 1.54) is 6.08 Å². The second-order valence-corrected chi connectivity index (χ2v) is 10.8. The largest absolute Gasteiger partial charge is 0.417 e. The molecule has 3 aliphatic rings. The lowest BCUT2D eigenvalue weighted by molar-refractivity contribution is -0.146. The Hall–Kier alpha value is -3.70. The van der Waals surface area contributed by atoms with Crippen molar-refractivity contribution in [2.24, 2.45) is 29.1 Å². The Labute approximate surface area is 225 Å². The Morgan fingerprint density at radius 2 is 1.45 bits per heavy atom. The molecule has 0 radical (unpaired) electrons. The molecule has 3 fully saturated rings. The fraction of sp³-hybridized carbons (Fsp3) is 0.429. The van der Waals surface area contributed by atoms with Crippen molar-refractivity contribution in [2.75, 3.05) is 4.90 Å². The van der Waals surface area contributed by atoms with Crippen molar-refractivity contribution in [1.29, 1.82) is 0 Å². The summed E-state index contributed by atoms with van der Waals surface area (Å²) in [6.45, 7) is 9.92. The molecule has 2 saturated heterocycles. The number of amides is 4. The molecule has 2 aliphatic heterocycles. The molecule has 0 bridgehead atoms. The number of hydrogen-bond donors (Lipinski definition) is 1. The van der Waals surface area contributed by atoms with Gasteiger partial charge in [-0.3, -0.25) is 24.5 Å². The van der Waals surface area contributed by atoms with Crippen LogP contribution in [-0.4, -0.2) is 29.8 Å². The van der Waals surface area contributed by atoms with Crippen molar-refractivity contribution < 1.29 is 45.5 Å². The maximum Gasteiger partial charge on any atom is 0.417 e. The van der Waals surface area contributed by atoms with Crippen molar-refractivity contribution in [3.8, 4) is 0 Å². The molecular formula is C28H26F6N2O4. The van der Waals surface area contributed by atoms with Crippen LogP contribution in [0.15, 0.2) is 48.1 Å². The van der Waals surface area contributed by atoms with Crippen LogP contribution in [0.2, 0.25) is 0 Å². The quantitative estimate of drug-likeness (QED) is 0.275. The van der Waals surface area contributed by atoms with Crippen LogP contribution in [0.5, 0.6) is 0 Å². The highest BCUT2D eigenvalue weighted by molar-refractivity contribution is 6.27. The van der Waals surface area contributed by atoms with E-state index in [1.807, 2.05) is 12.2 Å². The Kier molecular flexibility index (Phi) is 6.92. The summed E-state index contributed by atoms with van der Waals surface area (Å²) in [5, 5.41) is 2.05. The van der Waals surface area contributed by atoms with Gasteiger partial charge in [0, 0.05) is 5.57 Å². The minimum Gasteiger partial charge on any atom is -0.296 e. The highest BCUT2D eigenvalue weighted by Gasteiger charge is 2.71. The Morgan fingerprint density at radius 3 is 1.90 bits per heavy atom. The van der Waals surface area contributed by atoms with Crippen molar-refractivity contribution in [1.82, 2.24) is 5.32 Å². The number of allylic oxidation sites excluding steroid dienone is 5. The lowest BCUT2D eigenvalue weighted by Gasteiger charge is -2.36. The number of hydrogen-bond acceptors (Lipinski definition) is 4. The van der Waals surface area contributed by atoms with Gasteiger partial charge in [-0.15, -0.1) is 0 Å². The van der Waals surface area contributed by atoms with Crippen LogP contribution >= 0.6 is 0 Å². The van der Waals surface area contributed by atoms with Crippen molar-refractivity contribution in [3.63, 3.8) is 0 Å². The predicted octanol–water partition coefficient (Wildman–Crippen LogP) is 5.60. The van der Waals surface area contributed by atoms with Crippen LogP contribution in [0.3, 0.4) is 0 Å². The number of nitrogens with one attached hydrogen (secondary N) is 1. The molecule has 1 saturated carbocycles. The molecule has 2 heterocycles. The summed E-state index contributed by atoms with van der Waals surface area (Å²) in [7, 11) is 0. The van der Waals surface area contributed by atoms with Crippen molar-refractivity contribution >= 4 is 34.9 Å². The van der Waals surface area contributed by atoms with E-state index >= 15 is 0 Å². The molecule has 1 N–H and O–H groups in total. The molecule has 4 atom stereocenters. The van der Waals surface area contributed by atoms with Crippen LogP contribution in [0.1, 0.15) is 45.2 Å². The lowest BCUT2D eigenvalue weighted by atomic mass is 9.59. The molecule has 1 aliphatic carbocycles. The standard InChI is InChI=1S/C28H26F6N2O4/c1-6-26(4,5)12(2)7-9-15(13(3)27(29,30)31)16-10-8-14(11-17(16)28(32,33)34)36-24(39)20-18-19(21(20)25(36)40)23(38)35-22(18)37/h7-11,18-21H,2,6H2,1,3-5H3,(H,35,37,38)/b9-7-,15-13-. The molecule has 4 unspecified atom stereocenters. The van der Waals surface area contributed by atoms with Gasteiger partial charge in [0.1, 0.15) is 0 Å². The Bertz CT molecular complexity index is 1360. The molecule has 4 amide bonds. The average Bonchev–Trinajstić information content (AvgIpc) is 3.17. The number of alkyl halides is 6. The summed E-state index contributed by atoms with van der Waals surface area (Å²) in [5.74, 6) is -7.92. The first kappa shape index (κ1) is 29.3. The lowest BCUT2D eigenvalue weighted by Crippen LogP contribution is -2.50. The van der Waals surface area contributed by atoms with E-state index in [9.17, 15) is 45.5 Å². The second-order valence-electron chi connectivity index (χ2n) is 10.8. The predicted molar refractivity (Wildman–Crippen MR) is 132 cm³/mol. The minimum absolute atomic E-state index is 0.403. The van der Waals surface area contributed by atoms with Crippen LogP contribution in [0.4, 0.5) is 32.0 Å². The topological polar surface area (TPSA) is 83.6 Å². The number of fused-ring (bicyclic) bond motifs is 4. The molecule has 4 rings (SSSR count). The monoisotopic (exact) mass is 568 g/mol. The zero-order valence-corrected chi connectivity index (χ0v) is 22.0. The molecule has 40 heavy (non-hydrogen) atoms. The van der Waals surface area contributed by atoms with Gasteiger partial charge < -0.3 is 0 Å². The number of imide groups is 2. The van der Waals surface area contributed by atoms with Gasteiger partial charge in [0.2, 0.25) is 23.6 Å². The fourth-order valence-corrected chi connectivity index (χ4v) is 5.31. The van der Waals surface area contributed by atoms with Gasteiger partial charge in [0.25, 0.3) is 0 Å². The molecular weight excluding hydrogens is 542 g/mol. The molecule has 0 aromatic heterocycles. The van der Waals surface area contributed by atoms with Gasteiger partial charge >= 0.3 is 12.4 Å². The Balaban J connectivity index is 1.82. The maximum absolute atomic E-state index is 14.3. The van der Waals surface area contributed by atoms with Crippen LogP contribution < -0.4 is 10.2 Å². The van der Waals surface area contributed by atoms with Gasteiger partial charge in [-0.1, -0.05) is 45.6 Å². The van der Waals surface area contributed by atoms with Crippen LogP contribution in [-0.2, 0) is 25.4 Å². The number of nitrogens with zero attached hydrogens (tertiary/aromatic N) is 1. The third-order valence-electron chi connectivity index (χ3n) is 8.30. The van der Waals surface area contributed by atoms with Gasteiger partial charge in [-0.25, -0.2) is 4.90 Å². The van der Waals surface area contributed by atoms with E-state index in [4.69, 9.17) is 0 Å². The zero-order chi connectivity index (χ0) is 30.1. The molecule has 6 nitrogen and oxygen atoms in total. The molecule has 1 aromatic rings. The van der Waals surface area contributed by atoms with E-state index in [2.05, 4.69) is 6.58 Å². The summed E-state index contributed by atoms with van der Waals surface area (Å²) in [6, 6.07) is 2.17. The smallest absolute Gasteiger partial charge is 0.296 e. The summed E-state index contributed by atoms with van der Waals surface area (Å²) in [4.78, 5) is 50.7. The number of benzene rings is 1. The van der Waals surface area contributed by atoms with Crippen molar-refractivity contribution in [3.05, 3.63) is 59.2 Å². The first-order chi connectivity index (χ1) is 18.3. The van der Waals surface area contributed by atoms with E-state index in [0.717, 1.165) is 18.2 Å². The second kappa shape index (κ2) is 9.45. The first-order valence-electron chi connectivity index (χ1n) is 12.4. The average molecular weight is 569 g/mol. The number of anilines is 1. The van der Waals surface area contributed by atoms with Crippen LogP contribution in [0.25, 0.3) is 5.57 Å². The summed E-state index contributed by atoms with van der Waals surface area (Å²) in [6.07, 6.45) is -7.38. The van der Waals surface area contributed by atoms with E-state index in [0.29, 0.717) is 29.9 Å². The zero-order valence-electron chi connectivity index (χ0n) is 22.0.